The predicted molar refractivity (Wildman–Crippen MR) is 108 cm³/mol. The molecule has 0 aliphatic rings. The molecule has 0 aromatic heterocycles. The van der Waals surface area contributed by atoms with Crippen LogP contribution in [0.2, 0.25) is 0 Å². The molecule has 3 rings (SSSR count). The minimum atomic E-state index is 0.187. The number of ketones is 1. The Labute approximate surface area is 156 Å². The lowest BCUT2D eigenvalue weighted by Crippen LogP contribution is -2.33. The van der Waals surface area contributed by atoms with Crippen LogP contribution >= 0.6 is 0 Å². The summed E-state index contributed by atoms with van der Waals surface area (Å²) in [6.07, 6.45) is 1.91. The molecule has 0 fully saturated rings. The second-order valence-electron chi connectivity index (χ2n) is 6.54. The molecule has 132 valence electrons. The molecular weight excluding hydrogens is 318 g/mol. The summed E-state index contributed by atoms with van der Waals surface area (Å²) in [5.41, 5.74) is 3.41. The second-order valence-corrected chi connectivity index (χ2v) is 6.54. The van der Waals surface area contributed by atoms with E-state index in [2.05, 4.69) is 53.4 Å². The van der Waals surface area contributed by atoms with Gasteiger partial charge < -0.3 is 0 Å². The van der Waals surface area contributed by atoms with Crippen molar-refractivity contribution < 1.29 is 4.79 Å². The third-order valence-electron chi connectivity index (χ3n) is 4.58. The SMILES string of the molecule is O=C(CN(CCc1ccccc1)CCc1ccccc1)c1ccccc1. The molecule has 0 radical (unpaired) electrons. The highest BCUT2D eigenvalue weighted by molar-refractivity contribution is 5.97. The highest BCUT2D eigenvalue weighted by Gasteiger charge is 2.12. The van der Waals surface area contributed by atoms with Crippen LogP contribution in [0.1, 0.15) is 21.5 Å². The van der Waals surface area contributed by atoms with E-state index in [0.29, 0.717) is 6.54 Å². The van der Waals surface area contributed by atoms with Crippen molar-refractivity contribution in [3.05, 3.63) is 108 Å². The van der Waals surface area contributed by atoms with Gasteiger partial charge in [-0.1, -0.05) is 91.0 Å². The number of hydrogen-bond acceptors (Lipinski definition) is 2. The molecule has 2 nitrogen and oxygen atoms in total. The van der Waals surface area contributed by atoms with Gasteiger partial charge in [-0.3, -0.25) is 9.69 Å². The first kappa shape index (κ1) is 18.1. The molecule has 26 heavy (non-hydrogen) atoms. The van der Waals surface area contributed by atoms with Gasteiger partial charge >= 0.3 is 0 Å². The quantitative estimate of drug-likeness (QED) is 0.527. The minimum Gasteiger partial charge on any atom is -0.295 e. The topological polar surface area (TPSA) is 20.3 Å². The molecule has 0 unspecified atom stereocenters. The van der Waals surface area contributed by atoms with E-state index in [0.717, 1.165) is 31.5 Å². The molecule has 0 heterocycles. The van der Waals surface area contributed by atoms with Gasteiger partial charge in [-0.25, -0.2) is 0 Å². The normalized spacial score (nSPS) is 10.8. The molecular formula is C24H25NO. The fourth-order valence-corrected chi connectivity index (χ4v) is 3.05. The number of Topliss-reactive ketones (excluding diaryl/α,β-unsaturated/α-hetero) is 1. The van der Waals surface area contributed by atoms with E-state index in [1.165, 1.54) is 11.1 Å². The highest BCUT2D eigenvalue weighted by Crippen LogP contribution is 2.07. The third-order valence-corrected chi connectivity index (χ3v) is 4.58. The minimum absolute atomic E-state index is 0.187. The van der Waals surface area contributed by atoms with Crippen molar-refractivity contribution in [3.8, 4) is 0 Å². The first-order chi connectivity index (χ1) is 12.8. The zero-order valence-corrected chi connectivity index (χ0v) is 15.1. The van der Waals surface area contributed by atoms with Crippen molar-refractivity contribution in [2.24, 2.45) is 0 Å². The lowest BCUT2D eigenvalue weighted by Gasteiger charge is -2.22. The van der Waals surface area contributed by atoms with E-state index in [1.54, 1.807) is 0 Å². The molecule has 0 saturated heterocycles. The van der Waals surface area contributed by atoms with Crippen LogP contribution < -0.4 is 0 Å². The Morgan fingerprint density at radius 1 is 0.615 bits per heavy atom. The Morgan fingerprint density at radius 3 is 1.50 bits per heavy atom. The van der Waals surface area contributed by atoms with E-state index in [9.17, 15) is 4.79 Å². The Kier molecular flexibility index (Phi) is 6.74. The summed E-state index contributed by atoms with van der Waals surface area (Å²) in [7, 11) is 0. The van der Waals surface area contributed by atoms with Crippen LogP contribution in [0, 0.1) is 0 Å². The Balaban J connectivity index is 1.63. The highest BCUT2D eigenvalue weighted by atomic mass is 16.1. The number of benzene rings is 3. The average Bonchev–Trinajstić information content (AvgIpc) is 2.72. The molecule has 0 N–H and O–H groups in total. The van der Waals surface area contributed by atoms with Crippen molar-refractivity contribution in [1.29, 1.82) is 0 Å². The summed E-state index contributed by atoms with van der Waals surface area (Å²) in [5.74, 6) is 0.187. The van der Waals surface area contributed by atoms with Gasteiger partial charge in [0.2, 0.25) is 0 Å². The third kappa shape index (κ3) is 5.68. The number of rotatable bonds is 9. The van der Waals surface area contributed by atoms with Gasteiger partial charge in [-0.15, -0.1) is 0 Å². The van der Waals surface area contributed by atoms with Crippen LogP contribution in [-0.2, 0) is 12.8 Å². The zero-order valence-electron chi connectivity index (χ0n) is 15.1. The van der Waals surface area contributed by atoms with E-state index in [-0.39, 0.29) is 5.78 Å². The van der Waals surface area contributed by atoms with Crippen LogP contribution in [0.4, 0.5) is 0 Å². The van der Waals surface area contributed by atoms with Crippen LogP contribution in [0.25, 0.3) is 0 Å². The number of hydrogen-bond donors (Lipinski definition) is 0. The van der Waals surface area contributed by atoms with Crippen LogP contribution in [-0.4, -0.2) is 30.3 Å². The van der Waals surface area contributed by atoms with Gasteiger partial charge in [-0.05, 0) is 24.0 Å². The van der Waals surface area contributed by atoms with Crippen molar-refractivity contribution in [2.45, 2.75) is 12.8 Å². The van der Waals surface area contributed by atoms with Gasteiger partial charge in [-0.2, -0.15) is 0 Å². The van der Waals surface area contributed by atoms with Crippen molar-refractivity contribution in [3.63, 3.8) is 0 Å². The summed E-state index contributed by atoms with van der Waals surface area (Å²) in [6.45, 7) is 2.23. The molecule has 2 heteroatoms. The maximum Gasteiger partial charge on any atom is 0.176 e. The lowest BCUT2D eigenvalue weighted by molar-refractivity contribution is 0.0932. The molecule has 3 aromatic carbocycles. The van der Waals surface area contributed by atoms with Crippen LogP contribution in [0.15, 0.2) is 91.0 Å². The smallest absolute Gasteiger partial charge is 0.176 e. The van der Waals surface area contributed by atoms with Crippen molar-refractivity contribution in [1.82, 2.24) is 4.90 Å². The summed E-state index contributed by atoms with van der Waals surface area (Å²) in [5, 5.41) is 0. The van der Waals surface area contributed by atoms with Crippen molar-refractivity contribution in [2.75, 3.05) is 19.6 Å². The van der Waals surface area contributed by atoms with Gasteiger partial charge in [0, 0.05) is 18.7 Å². The Morgan fingerprint density at radius 2 is 1.04 bits per heavy atom. The molecule has 0 atom stereocenters. The molecule has 0 aliphatic heterocycles. The van der Waals surface area contributed by atoms with Gasteiger partial charge in [0.05, 0.1) is 6.54 Å². The Bertz CT molecular complexity index is 741. The van der Waals surface area contributed by atoms with Crippen LogP contribution in [0.3, 0.4) is 0 Å². The maximum atomic E-state index is 12.6. The molecule has 0 spiro atoms. The first-order valence-corrected chi connectivity index (χ1v) is 9.20. The Hall–Kier alpha value is -2.71. The van der Waals surface area contributed by atoms with Crippen LogP contribution in [0.5, 0.6) is 0 Å². The molecule has 0 aliphatic carbocycles. The van der Waals surface area contributed by atoms with Gasteiger partial charge in [0.25, 0.3) is 0 Å². The standard InChI is InChI=1S/C24H25NO/c26-24(23-14-8-3-9-15-23)20-25(18-16-21-10-4-1-5-11-21)19-17-22-12-6-2-7-13-22/h1-15H,16-20H2. The summed E-state index contributed by atoms with van der Waals surface area (Å²) < 4.78 is 0. The lowest BCUT2D eigenvalue weighted by atomic mass is 10.1. The maximum absolute atomic E-state index is 12.6. The van der Waals surface area contributed by atoms with E-state index in [4.69, 9.17) is 0 Å². The predicted octanol–water partition coefficient (Wildman–Crippen LogP) is 4.66. The second kappa shape index (κ2) is 9.69. The number of carbonyl (C=O) groups is 1. The number of nitrogens with zero attached hydrogens (tertiary/aromatic N) is 1. The van der Waals surface area contributed by atoms with Gasteiger partial charge in [0.1, 0.15) is 0 Å². The van der Waals surface area contributed by atoms with E-state index >= 15 is 0 Å². The van der Waals surface area contributed by atoms with E-state index in [1.807, 2.05) is 42.5 Å². The fourth-order valence-electron chi connectivity index (χ4n) is 3.05. The van der Waals surface area contributed by atoms with E-state index < -0.39 is 0 Å². The molecule has 0 saturated carbocycles. The average molecular weight is 343 g/mol. The summed E-state index contributed by atoms with van der Waals surface area (Å²) in [6, 6.07) is 30.5. The summed E-state index contributed by atoms with van der Waals surface area (Å²) >= 11 is 0. The molecule has 0 bridgehead atoms. The van der Waals surface area contributed by atoms with Gasteiger partial charge in [0.15, 0.2) is 5.78 Å². The first-order valence-electron chi connectivity index (χ1n) is 9.20. The molecule has 3 aromatic rings. The monoisotopic (exact) mass is 343 g/mol. The van der Waals surface area contributed by atoms with Crippen molar-refractivity contribution >= 4 is 5.78 Å². The number of carbonyl (C=O) groups excluding carboxylic acids is 1. The zero-order chi connectivity index (χ0) is 18.0. The summed E-state index contributed by atoms with van der Waals surface area (Å²) in [4.78, 5) is 14.9. The fraction of sp³-hybridized carbons (Fsp3) is 0.208. The largest absolute Gasteiger partial charge is 0.295 e. The molecule has 0 amide bonds.